The van der Waals surface area contributed by atoms with Gasteiger partial charge < -0.3 is 10.3 Å². The maximum atomic E-state index is 11.9. The van der Waals surface area contributed by atoms with Gasteiger partial charge in [0.1, 0.15) is 0 Å². The van der Waals surface area contributed by atoms with Crippen LogP contribution in [0.3, 0.4) is 0 Å². The molecule has 0 unspecified atom stereocenters. The minimum absolute atomic E-state index is 0.00688. The molecular formula is C13H15ClN2O. The van der Waals surface area contributed by atoms with Gasteiger partial charge in [0.05, 0.1) is 0 Å². The highest BCUT2D eigenvalue weighted by Crippen LogP contribution is 2.21. The number of pyridine rings is 1. The number of halogens is 1. The Morgan fingerprint density at radius 2 is 2.18 bits per heavy atom. The second-order valence-electron chi connectivity index (χ2n) is 4.10. The monoisotopic (exact) mass is 250 g/mol. The molecule has 1 heterocycles. The van der Waals surface area contributed by atoms with Crippen molar-refractivity contribution in [2.24, 2.45) is 0 Å². The Bertz CT molecular complexity index is 604. The lowest BCUT2D eigenvalue weighted by Gasteiger charge is -2.08. The van der Waals surface area contributed by atoms with Crippen molar-refractivity contribution in [2.75, 3.05) is 13.6 Å². The highest BCUT2D eigenvalue weighted by atomic mass is 35.5. The summed E-state index contributed by atoms with van der Waals surface area (Å²) in [5, 5.41) is 4.76. The molecule has 0 aliphatic carbocycles. The van der Waals surface area contributed by atoms with Crippen molar-refractivity contribution >= 4 is 22.5 Å². The van der Waals surface area contributed by atoms with Gasteiger partial charge in [-0.1, -0.05) is 11.6 Å². The molecule has 0 atom stereocenters. The second-order valence-corrected chi connectivity index (χ2v) is 4.54. The molecule has 17 heavy (non-hydrogen) atoms. The highest BCUT2D eigenvalue weighted by Gasteiger charge is 2.08. The maximum absolute atomic E-state index is 11.9. The fourth-order valence-corrected chi connectivity index (χ4v) is 2.19. The van der Waals surface area contributed by atoms with Gasteiger partial charge in [-0.2, -0.15) is 0 Å². The number of fused-ring (bicyclic) bond motifs is 1. The summed E-state index contributed by atoms with van der Waals surface area (Å²) in [7, 11) is 1.88. The van der Waals surface area contributed by atoms with Crippen molar-refractivity contribution in [1.29, 1.82) is 0 Å². The van der Waals surface area contributed by atoms with E-state index in [0.29, 0.717) is 5.02 Å². The topological polar surface area (TPSA) is 44.9 Å². The fraction of sp³-hybridized carbons (Fsp3) is 0.308. The Hall–Kier alpha value is -1.32. The molecule has 0 fully saturated rings. The number of nitrogens with one attached hydrogen (secondary N) is 2. The number of aromatic nitrogens is 1. The van der Waals surface area contributed by atoms with Crippen LogP contribution in [0.25, 0.3) is 10.9 Å². The van der Waals surface area contributed by atoms with Crippen molar-refractivity contribution in [1.82, 2.24) is 10.3 Å². The standard InChI is InChI=1S/C13H15ClN2O/c1-8-10(5-6-15-2)13(17)16-12-4-3-9(14)7-11(8)12/h3-4,7,15H,5-6H2,1-2H3,(H,16,17). The summed E-state index contributed by atoms with van der Waals surface area (Å²) in [6, 6.07) is 5.52. The van der Waals surface area contributed by atoms with Gasteiger partial charge in [0.2, 0.25) is 0 Å². The van der Waals surface area contributed by atoms with Crippen LogP contribution in [0.15, 0.2) is 23.0 Å². The molecule has 2 rings (SSSR count). The van der Waals surface area contributed by atoms with E-state index < -0.39 is 0 Å². The molecule has 3 nitrogen and oxygen atoms in total. The van der Waals surface area contributed by atoms with E-state index in [0.717, 1.165) is 35.0 Å². The van der Waals surface area contributed by atoms with Crippen LogP contribution in [0.1, 0.15) is 11.1 Å². The van der Waals surface area contributed by atoms with E-state index in [9.17, 15) is 4.79 Å². The number of benzene rings is 1. The zero-order chi connectivity index (χ0) is 12.4. The number of likely N-dealkylation sites (N-methyl/N-ethyl adjacent to an activating group) is 1. The lowest BCUT2D eigenvalue weighted by atomic mass is 10.0. The van der Waals surface area contributed by atoms with Crippen LogP contribution in [0.4, 0.5) is 0 Å². The van der Waals surface area contributed by atoms with Crippen LogP contribution in [0.2, 0.25) is 5.02 Å². The third kappa shape index (κ3) is 2.35. The first kappa shape index (κ1) is 12.1. The van der Waals surface area contributed by atoms with Crippen molar-refractivity contribution < 1.29 is 0 Å². The third-order valence-electron chi connectivity index (χ3n) is 2.99. The minimum Gasteiger partial charge on any atom is -0.322 e. The van der Waals surface area contributed by atoms with E-state index in [1.807, 2.05) is 26.1 Å². The summed E-state index contributed by atoms with van der Waals surface area (Å²) in [5.41, 5.74) is 2.67. The van der Waals surface area contributed by atoms with Gasteiger partial charge in [0.25, 0.3) is 5.56 Å². The Kier molecular flexibility index (Phi) is 3.50. The summed E-state index contributed by atoms with van der Waals surface area (Å²) < 4.78 is 0. The molecule has 1 aromatic heterocycles. The SMILES string of the molecule is CNCCc1c(C)c2cc(Cl)ccc2[nH]c1=O. The highest BCUT2D eigenvalue weighted by molar-refractivity contribution is 6.31. The van der Waals surface area contributed by atoms with Gasteiger partial charge in [-0.15, -0.1) is 0 Å². The van der Waals surface area contributed by atoms with Gasteiger partial charge >= 0.3 is 0 Å². The van der Waals surface area contributed by atoms with Crippen LogP contribution in [-0.2, 0) is 6.42 Å². The zero-order valence-electron chi connectivity index (χ0n) is 9.93. The summed E-state index contributed by atoms with van der Waals surface area (Å²) >= 11 is 5.98. The largest absolute Gasteiger partial charge is 0.322 e. The van der Waals surface area contributed by atoms with Crippen LogP contribution in [-0.4, -0.2) is 18.6 Å². The lowest BCUT2D eigenvalue weighted by molar-refractivity contribution is 0.783. The van der Waals surface area contributed by atoms with Crippen molar-refractivity contribution in [3.05, 3.63) is 44.7 Å². The predicted octanol–water partition coefficient (Wildman–Crippen LogP) is 2.25. The van der Waals surface area contributed by atoms with E-state index in [2.05, 4.69) is 10.3 Å². The molecule has 4 heteroatoms. The number of aromatic amines is 1. The van der Waals surface area contributed by atoms with Crippen LogP contribution >= 0.6 is 11.6 Å². The Morgan fingerprint density at radius 3 is 2.88 bits per heavy atom. The zero-order valence-corrected chi connectivity index (χ0v) is 10.7. The average molecular weight is 251 g/mol. The van der Waals surface area contributed by atoms with E-state index >= 15 is 0 Å². The van der Waals surface area contributed by atoms with Gasteiger partial charge in [-0.25, -0.2) is 0 Å². The third-order valence-corrected chi connectivity index (χ3v) is 3.22. The minimum atomic E-state index is -0.00688. The molecule has 2 N–H and O–H groups in total. The van der Waals surface area contributed by atoms with Crippen molar-refractivity contribution in [3.8, 4) is 0 Å². The number of H-pyrrole nitrogens is 1. The van der Waals surface area contributed by atoms with Crippen molar-refractivity contribution in [2.45, 2.75) is 13.3 Å². The molecule has 1 aromatic carbocycles. The number of hydrogen-bond acceptors (Lipinski definition) is 2. The molecule has 0 bridgehead atoms. The number of hydrogen-bond donors (Lipinski definition) is 2. The normalized spacial score (nSPS) is 11.0. The lowest BCUT2D eigenvalue weighted by Crippen LogP contribution is -2.20. The van der Waals surface area contributed by atoms with Crippen LogP contribution in [0, 0.1) is 6.92 Å². The summed E-state index contributed by atoms with van der Waals surface area (Å²) in [4.78, 5) is 14.8. The number of rotatable bonds is 3. The molecule has 0 aliphatic rings. The Labute approximate surface area is 105 Å². The first-order valence-electron chi connectivity index (χ1n) is 5.59. The van der Waals surface area contributed by atoms with Gasteiger partial charge in [0, 0.05) is 21.5 Å². The quantitative estimate of drug-likeness (QED) is 0.878. The molecular weight excluding hydrogens is 236 g/mol. The van der Waals surface area contributed by atoms with Crippen molar-refractivity contribution in [3.63, 3.8) is 0 Å². The predicted molar refractivity (Wildman–Crippen MR) is 71.9 cm³/mol. The molecule has 0 aliphatic heterocycles. The first-order chi connectivity index (χ1) is 8.13. The fourth-order valence-electron chi connectivity index (χ4n) is 2.02. The molecule has 0 amide bonds. The summed E-state index contributed by atoms with van der Waals surface area (Å²) in [6.07, 6.45) is 0.722. The molecule has 90 valence electrons. The van der Waals surface area contributed by atoms with Gasteiger partial charge in [0.15, 0.2) is 0 Å². The summed E-state index contributed by atoms with van der Waals surface area (Å²) in [5.74, 6) is 0. The Balaban J connectivity index is 2.65. The van der Waals surface area contributed by atoms with E-state index in [4.69, 9.17) is 11.6 Å². The molecule has 0 spiro atoms. The molecule has 2 aromatic rings. The second kappa shape index (κ2) is 4.90. The maximum Gasteiger partial charge on any atom is 0.251 e. The molecule has 0 radical (unpaired) electrons. The van der Waals surface area contributed by atoms with E-state index in [-0.39, 0.29) is 5.56 Å². The molecule has 0 saturated heterocycles. The number of aryl methyl sites for hydroxylation is 1. The van der Waals surface area contributed by atoms with Crippen LogP contribution in [0.5, 0.6) is 0 Å². The summed E-state index contributed by atoms with van der Waals surface area (Å²) in [6.45, 7) is 2.76. The van der Waals surface area contributed by atoms with Gasteiger partial charge in [-0.3, -0.25) is 4.79 Å². The molecule has 0 saturated carbocycles. The Morgan fingerprint density at radius 1 is 1.41 bits per heavy atom. The van der Waals surface area contributed by atoms with E-state index in [1.54, 1.807) is 6.07 Å². The van der Waals surface area contributed by atoms with Crippen LogP contribution < -0.4 is 10.9 Å². The van der Waals surface area contributed by atoms with Gasteiger partial charge in [-0.05, 0) is 50.7 Å². The first-order valence-corrected chi connectivity index (χ1v) is 5.97. The average Bonchev–Trinajstić information content (AvgIpc) is 2.30. The van der Waals surface area contributed by atoms with E-state index in [1.165, 1.54) is 0 Å². The smallest absolute Gasteiger partial charge is 0.251 e.